The summed E-state index contributed by atoms with van der Waals surface area (Å²) in [5.41, 5.74) is 8.24. The monoisotopic (exact) mass is 440 g/mol. The fourth-order valence-corrected chi connectivity index (χ4v) is 3.52. The van der Waals surface area contributed by atoms with Crippen LogP contribution in [0.1, 0.15) is 0 Å². The number of hydrogen-bond acceptors (Lipinski definition) is 7. The SMILES string of the molecule is CSc1nn(CC(=O)Nc2ccccc2)c(N)c1-c1nc(-c2ccc(Cl)cc2)no1. The van der Waals surface area contributed by atoms with E-state index in [1.165, 1.54) is 16.4 Å². The number of nitrogens with zero attached hydrogens (tertiary/aromatic N) is 4. The molecule has 8 nitrogen and oxygen atoms in total. The van der Waals surface area contributed by atoms with Crippen LogP contribution in [-0.4, -0.2) is 32.1 Å². The highest BCUT2D eigenvalue weighted by Gasteiger charge is 2.23. The van der Waals surface area contributed by atoms with E-state index >= 15 is 0 Å². The van der Waals surface area contributed by atoms with E-state index < -0.39 is 0 Å². The van der Waals surface area contributed by atoms with Crippen molar-refractivity contribution in [3.63, 3.8) is 0 Å². The summed E-state index contributed by atoms with van der Waals surface area (Å²) in [6.45, 7) is -0.0491. The Morgan fingerprint density at radius 1 is 1.20 bits per heavy atom. The summed E-state index contributed by atoms with van der Waals surface area (Å²) in [5, 5.41) is 12.5. The Labute approximate surface area is 181 Å². The Kier molecular flexibility index (Phi) is 5.73. The van der Waals surface area contributed by atoms with E-state index in [1.54, 1.807) is 36.4 Å². The van der Waals surface area contributed by atoms with Crippen LogP contribution < -0.4 is 11.1 Å². The van der Waals surface area contributed by atoms with Gasteiger partial charge in [0.25, 0.3) is 5.89 Å². The first-order valence-corrected chi connectivity index (χ1v) is 10.5. The van der Waals surface area contributed by atoms with Crippen molar-refractivity contribution < 1.29 is 9.32 Å². The van der Waals surface area contributed by atoms with E-state index in [-0.39, 0.29) is 24.2 Å². The Balaban J connectivity index is 1.59. The van der Waals surface area contributed by atoms with Crippen molar-refractivity contribution in [2.75, 3.05) is 17.3 Å². The van der Waals surface area contributed by atoms with Crippen molar-refractivity contribution in [3.05, 3.63) is 59.6 Å². The Morgan fingerprint density at radius 3 is 2.63 bits per heavy atom. The van der Waals surface area contributed by atoms with Gasteiger partial charge in [-0.1, -0.05) is 35.0 Å². The molecule has 0 saturated heterocycles. The van der Waals surface area contributed by atoms with Gasteiger partial charge in [-0.3, -0.25) is 4.79 Å². The molecule has 0 fully saturated rings. The van der Waals surface area contributed by atoms with Gasteiger partial charge < -0.3 is 15.6 Å². The summed E-state index contributed by atoms with van der Waals surface area (Å²) in [7, 11) is 0. The van der Waals surface area contributed by atoms with Crippen molar-refractivity contribution in [2.45, 2.75) is 11.6 Å². The molecule has 2 aromatic heterocycles. The third-order valence-corrected chi connectivity index (χ3v) is 5.17. The standard InChI is InChI=1S/C20H17ClN6O2S/c1-30-20-16(19-24-18(26-29-19)12-7-9-13(21)10-8-12)17(22)27(25-20)11-15(28)23-14-5-3-2-4-6-14/h2-10H,11,22H2,1H3,(H,23,28). The minimum absolute atomic E-state index is 0.0491. The summed E-state index contributed by atoms with van der Waals surface area (Å²) in [4.78, 5) is 16.8. The average Bonchev–Trinajstić information content (AvgIpc) is 3.34. The molecular formula is C20H17ClN6O2S. The van der Waals surface area contributed by atoms with E-state index in [4.69, 9.17) is 21.9 Å². The predicted octanol–water partition coefficient (Wildman–Crippen LogP) is 4.20. The number of nitrogens with two attached hydrogens (primary N) is 1. The second kappa shape index (κ2) is 8.60. The van der Waals surface area contributed by atoms with E-state index in [1.807, 2.05) is 24.5 Å². The summed E-state index contributed by atoms with van der Waals surface area (Å²) >= 11 is 7.30. The van der Waals surface area contributed by atoms with Crippen molar-refractivity contribution >= 4 is 40.8 Å². The third kappa shape index (κ3) is 4.17. The smallest absolute Gasteiger partial charge is 0.264 e. The first kappa shape index (κ1) is 20.0. The van der Waals surface area contributed by atoms with Gasteiger partial charge in [0.05, 0.1) is 0 Å². The number of halogens is 1. The van der Waals surface area contributed by atoms with E-state index in [2.05, 4.69) is 20.6 Å². The van der Waals surface area contributed by atoms with Crippen LogP contribution in [0.25, 0.3) is 22.8 Å². The number of benzene rings is 2. The quantitative estimate of drug-likeness (QED) is 0.432. The molecule has 2 heterocycles. The van der Waals surface area contributed by atoms with Crippen LogP contribution in [0.3, 0.4) is 0 Å². The van der Waals surface area contributed by atoms with Crippen molar-refractivity contribution in [1.82, 2.24) is 19.9 Å². The topological polar surface area (TPSA) is 112 Å². The normalized spacial score (nSPS) is 10.9. The molecule has 0 aliphatic rings. The van der Waals surface area contributed by atoms with Crippen molar-refractivity contribution in [1.29, 1.82) is 0 Å². The molecule has 3 N–H and O–H groups in total. The molecule has 0 radical (unpaired) electrons. The Bertz CT molecular complexity index is 1170. The van der Waals surface area contributed by atoms with Crippen molar-refractivity contribution in [2.24, 2.45) is 0 Å². The van der Waals surface area contributed by atoms with Gasteiger partial charge >= 0.3 is 0 Å². The highest BCUT2D eigenvalue weighted by molar-refractivity contribution is 7.98. The zero-order valence-corrected chi connectivity index (χ0v) is 17.4. The Hall–Kier alpha value is -3.30. The molecule has 0 bridgehead atoms. The number of anilines is 2. The van der Waals surface area contributed by atoms with Crippen LogP contribution in [0.2, 0.25) is 5.02 Å². The lowest BCUT2D eigenvalue weighted by atomic mass is 10.2. The molecule has 2 aromatic carbocycles. The predicted molar refractivity (Wildman–Crippen MR) is 117 cm³/mol. The van der Waals surface area contributed by atoms with E-state index in [9.17, 15) is 4.79 Å². The molecular weight excluding hydrogens is 424 g/mol. The molecule has 0 saturated carbocycles. The van der Waals surface area contributed by atoms with Gasteiger partial charge in [-0.25, -0.2) is 4.68 Å². The van der Waals surface area contributed by atoms with Gasteiger partial charge in [0.1, 0.15) is 23.0 Å². The lowest BCUT2D eigenvalue weighted by molar-refractivity contribution is -0.116. The molecule has 0 atom stereocenters. The zero-order valence-electron chi connectivity index (χ0n) is 15.9. The first-order chi connectivity index (χ1) is 14.5. The van der Waals surface area contributed by atoms with Crippen LogP contribution >= 0.6 is 23.4 Å². The van der Waals surface area contributed by atoms with E-state index in [0.717, 1.165) is 5.56 Å². The van der Waals surface area contributed by atoms with Crippen LogP contribution in [0.15, 0.2) is 64.1 Å². The number of amides is 1. The van der Waals surface area contributed by atoms with E-state index in [0.29, 0.717) is 27.1 Å². The number of carbonyl (C=O) groups excluding carboxylic acids is 1. The minimum Gasteiger partial charge on any atom is -0.383 e. The lowest BCUT2D eigenvalue weighted by Gasteiger charge is -2.06. The molecule has 0 unspecified atom stereocenters. The zero-order chi connectivity index (χ0) is 21.1. The second-order valence-corrected chi connectivity index (χ2v) is 7.50. The van der Waals surface area contributed by atoms with Gasteiger partial charge in [-0.15, -0.1) is 11.8 Å². The number of para-hydroxylation sites is 1. The second-order valence-electron chi connectivity index (χ2n) is 6.27. The van der Waals surface area contributed by atoms with Gasteiger partial charge in [0, 0.05) is 16.3 Å². The maximum absolute atomic E-state index is 12.4. The number of rotatable bonds is 6. The molecule has 0 spiro atoms. The highest BCUT2D eigenvalue weighted by atomic mass is 35.5. The number of thioether (sulfide) groups is 1. The molecule has 4 aromatic rings. The number of nitrogens with one attached hydrogen (secondary N) is 1. The van der Waals surface area contributed by atoms with Gasteiger partial charge in [0.15, 0.2) is 0 Å². The fourth-order valence-electron chi connectivity index (χ4n) is 2.82. The highest BCUT2D eigenvalue weighted by Crippen LogP contribution is 2.35. The van der Waals surface area contributed by atoms with Crippen LogP contribution in [0.5, 0.6) is 0 Å². The summed E-state index contributed by atoms with van der Waals surface area (Å²) in [6.07, 6.45) is 1.86. The summed E-state index contributed by atoms with van der Waals surface area (Å²) < 4.78 is 6.85. The first-order valence-electron chi connectivity index (χ1n) is 8.90. The van der Waals surface area contributed by atoms with Crippen LogP contribution in [0, 0.1) is 0 Å². The molecule has 0 aliphatic carbocycles. The van der Waals surface area contributed by atoms with Gasteiger partial charge in [-0.05, 0) is 42.7 Å². The lowest BCUT2D eigenvalue weighted by Crippen LogP contribution is -2.20. The number of aromatic nitrogens is 4. The summed E-state index contributed by atoms with van der Waals surface area (Å²) in [5.74, 6) is 0.662. The molecule has 152 valence electrons. The number of carbonyl (C=O) groups is 1. The largest absolute Gasteiger partial charge is 0.383 e. The molecule has 1 amide bonds. The Morgan fingerprint density at radius 2 is 1.93 bits per heavy atom. The molecule has 0 aliphatic heterocycles. The van der Waals surface area contributed by atoms with Gasteiger partial charge in [0.2, 0.25) is 11.7 Å². The van der Waals surface area contributed by atoms with Crippen LogP contribution in [0.4, 0.5) is 11.5 Å². The summed E-state index contributed by atoms with van der Waals surface area (Å²) in [6, 6.07) is 16.3. The maximum Gasteiger partial charge on any atom is 0.264 e. The van der Waals surface area contributed by atoms with Crippen LogP contribution in [-0.2, 0) is 11.3 Å². The molecule has 4 rings (SSSR count). The third-order valence-electron chi connectivity index (χ3n) is 4.25. The number of nitrogen functional groups attached to an aromatic ring is 1. The minimum atomic E-state index is -0.248. The molecule has 10 heteroatoms. The number of hydrogen-bond donors (Lipinski definition) is 2. The average molecular weight is 441 g/mol. The maximum atomic E-state index is 12.4. The van der Waals surface area contributed by atoms with Gasteiger partial charge in [-0.2, -0.15) is 10.1 Å². The molecule has 30 heavy (non-hydrogen) atoms. The van der Waals surface area contributed by atoms with Crippen molar-refractivity contribution in [3.8, 4) is 22.8 Å². The fraction of sp³-hybridized carbons (Fsp3) is 0.100.